The standard InChI is InChI=1S/C21H23N5O5S/c1-12-19(20(29)25(2)3)32-21(22-12)23-17(27)11-26-18(28)9-7-15(24-26)14-10-13(30-4)6-8-16(14)31-5/h6-10H,11H2,1-5H3,(H,22,23,27). The number of aromatic nitrogens is 3. The average Bonchev–Trinajstić information content (AvgIpc) is 3.13. The van der Waals surface area contributed by atoms with Crippen LogP contribution in [0.1, 0.15) is 15.4 Å². The van der Waals surface area contributed by atoms with E-state index in [1.54, 1.807) is 52.4 Å². The Labute approximate surface area is 188 Å². The molecule has 0 spiro atoms. The maximum atomic E-state index is 12.5. The van der Waals surface area contributed by atoms with Gasteiger partial charge in [0.05, 0.1) is 25.6 Å². The number of hydrogen-bond donors (Lipinski definition) is 1. The molecule has 2 heterocycles. The smallest absolute Gasteiger partial charge is 0.267 e. The third-order valence-corrected chi connectivity index (χ3v) is 5.55. The molecule has 0 unspecified atom stereocenters. The van der Waals surface area contributed by atoms with Crippen molar-refractivity contribution in [3.8, 4) is 22.8 Å². The number of carbonyl (C=O) groups excluding carboxylic acids is 2. The van der Waals surface area contributed by atoms with Crippen LogP contribution in [-0.2, 0) is 11.3 Å². The number of nitrogens with one attached hydrogen (secondary N) is 1. The Morgan fingerprint density at radius 3 is 2.56 bits per heavy atom. The highest BCUT2D eigenvalue weighted by molar-refractivity contribution is 7.17. The van der Waals surface area contributed by atoms with Crippen LogP contribution in [0, 0.1) is 6.92 Å². The molecular weight excluding hydrogens is 434 g/mol. The van der Waals surface area contributed by atoms with E-state index < -0.39 is 11.5 Å². The predicted octanol–water partition coefficient (Wildman–Crippen LogP) is 2.03. The molecule has 168 valence electrons. The Balaban J connectivity index is 1.83. The number of anilines is 1. The van der Waals surface area contributed by atoms with Crippen LogP contribution < -0.4 is 20.3 Å². The molecule has 3 rings (SSSR count). The van der Waals surface area contributed by atoms with Crippen molar-refractivity contribution in [2.75, 3.05) is 33.6 Å². The number of hydrogen-bond acceptors (Lipinski definition) is 8. The highest BCUT2D eigenvalue weighted by Gasteiger charge is 2.19. The minimum Gasteiger partial charge on any atom is -0.497 e. The van der Waals surface area contributed by atoms with Gasteiger partial charge in [-0.25, -0.2) is 9.67 Å². The van der Waals surface area contributed by atoms with Crippen LogP contribution in [0.5, 0.6) is 11.5 Å². The topological polar surface area (TPSA) is 116 Å². The summed E-state index contributed by atoms with van der Waals surface area (Å²) in [6.45, 7) is 1.37. The first kappa shape index (κ1) is 22.9. The van der Waals surface area contributed by atoms with Crippen LogP contribution in [-0.4, -0.2) is 59.8 Å². The summed E-state index contributed by atoms with van der Waals surface area (Å²) in [7, 11) is 6.35. The lowest BCUT2D eigenvalue weighted by Gasteiger charge is -2.11. The summed E-state index contributed by atoms with van der Waals surface area (Å²) in [5.74, 6) is 0.454. The largest absolute Gasteiger partial charge is 0.497 e. The molecule has 0 radical (unpaired) electrons. The summed E-state index contributed by atoms with van der Waals surface area (Å²) in [4.78, 5) is 43.1. The molecule has 1 N–H and O–H groups in total. The molecule has 11 heteroatoms. The maximum absolute atomic E-state index is 12.5. The highest BCUT2D eigenvalue weighted by atomic mass is 32.1. The summed E-state index contributed by atoms with van der Waals surface area (Å²) in [5.41, 5.74) is 1.14. The molecule has 0 aliphatic heterocycles. The van der Waals surface area contributed by atoms with E-state index in [9.17, 15) is 14.4 Å². The molecule has 0 atom stereocenters. The number of aryl methyl sites for hydroxylation is 1. The van der Waals surface area contributed by atoms with Gasteiger partial charge in [0.15, 0.2) is 5.13 Å². The summed E-state index contributed by atoms with van der Waals surface area (Å²) >= 11 is 1.08. The first-order valence-corrected chi connectivity index (χ1v) is 10.3. The van der Waals surface area contributed by atoms with Crippen molar-refractivity contribution in [1.29, 1.82) is 0 Å². The van der Waals surface area contributed by atoms with Crippen molar-refractivity contribution in [1.82, 2.24) is 19.7 Å². The lowest BCUT2D eigenvalue weighted by molar-refractivity contribution is -0.117. The number of amides is 2. The molecule has 0 saturated carbocycles. The summed E-state index contributed by atoms with van der Waals surface area (Å²) in [6, 6.07) is 8.09. The fourth-order valence-electron chi connectivity index (χ4n) is 2.87. The van der Waals surface area contributed by atoms with Gasteiger partial charge in [-0.1, -0.05) is 11.3 Å². The molecule has 0 aliphatic rings. The maximum Gasteiger partial charge on any atom is 0.267 e. The van der Waals surface area contributed by atoms with Crippen molar-refractivity contribution < 1.29 is 19.1 Å². The van der Waals surface area contributed by atoms with Gasteiger partial charge in [-0.2, -0.15) is 5.10 Å². The SMILES string of the molecule is COc1ccc(OC)c(-c2ccc(=O)n(CC(=O)Nc3nc(C)c(C(=O)N(C)C)s3)n2)c1. The van der Waals surface area contributed by atoms with Crippen LogP contribution in [0.2, 0.25) is 0 Å². The Morgan fingerprint density at radius 2 is 1.91 bits per heavy atom. The molecular formula is C21H23N5O5S. The number of rotatable bonds is 7. The Hall–Kier alpha value is -3.73. The molecule has 1 aromatic carbocycles. The van der Waals surface area contributed by atoms with E-state index in [4.69, 9.17) is 9.47 Å². The van der Waals surface area contributed by atoms with Crippen molar-refractivity contribution in [2.45, 2.75) is 13.5 Å². The molecule has 0 fully saturated rings. The molecule has 2 amide bonds. The lowest BCUT2D eigenvalue weighted by Crippen LogP contribution is -2.29. The minimum absolute atomic E-state index is 0.196. The zero-order valence-corrected chi connectivity index (χ0v) is 19.1. The van der Waals surface area contributed by atoms with E-state index in [0.29, 0.717) is 33.3 Å². The minimum atomic E-state index is -0.494. The third kappa shape index (κ3) is 4.94. The zero-order chi connectivity index (χ0) is 23.4. The normalized spacial score (nSPS) is 10.5. The molecule has 32 heavy (non-hydrogen) atoms. The Morgan fingerprint density at radius 1 is 1.16 bits per heavy atom. The van der Waals surface area contributed by atoms with Gasteiger partial charge in [0, 0.05) is 25.7 Å². The van der Waals surface area contributed by atoms with Crippen molar-refractivity contribution >= 4 is 28.3 Å². The first-order chi connectivity index (χ1) is 15.2. The number of nitrogens with zero attached hydrogens (tertiary/aromatic N) is 4. The van der Waals surface area contributed by atoms with E-state index in [1.165, 1.54) is 18.1 Å². The van der Waals surface area contributed by atoms with Gasteiger partial charge in [0.25, 0.3) is 11.5 Å². The van der Waals surface area contributed by atoms with Gasteiger partial charge < -0.3 is 19.7 Å². The monoisotopic (exact) mass is 457 g/mol. The van der Waals surface area contributed by atoms with Gasteiger partial charge in [-0.3, -0.25) is 14.4 Å². The van der Waals surface area contributed by atoms with Crippen molar-refractivity contribution in [3.63, 3.8) is 0 Å². The fraction of sp³-hybridized carbons (Fsp3) is 0.286. The van der Waals surface area contributed by atoms with Gasteiger partial charge >= 0.3 is 0 Å². The van der Waals surface area contributed by atoms with Gasteiger partial charge in [0.2, 0.25) is 5.91 Å². The second-order valence-corrected chi connectivity index (χ2v) is 7.96. The van der Waals surface area contributed by atoms with E-state index in [1.807, 2.05) is 0 Å². The molecule has 3 aromatic rings. The number of ether oxygens (including phenoxy) is 2. The Kier molecular flexibility index (Phi) is 6.89. The van der Waals surface area contributed by atoms with Gasteiger partial charge in [0.1, 0.15) is 22.9 Å². The van der Waals surface area contributed by atoms with Crippen molar-refractivity contribution in [2.24, 2.45) is 0 Å². The number of carbonyl (C=O) groups is 2. The average molecular weight is 458 g/mol. The van der Waals surface area contributed by atoms with Crippen LogP contribution >= 0.6 is 11.3 Å². The lowest BCUT2D eigenvalue weighted by atomic mass is 10.1. The van der Waals surface area contributed by atoms with Crippen LogP contribution in [0.15, 0.2) is 35.1 Å². The summed E-state index contributed by atoms with van der Waals surface area (Å²) < 4.78 is 11.7. The van der Waals surface area contributed by atoms with E-state index in [0.717, 1.165) is 16.0 Å². The molecule has 0 bridgehead atoms. The van der Waals surface area contributed by atoms with Crippen molar-refractivity contribution in [3.05, 3.63) is 51.3 Å². The van der Waals surface area contributed by atoms with Gasteiger partial charge in [-0.05, 0) is 31.2 Å². The summed E-state index contributed by atoms with van der Waals surface area (Å²) in [6.07, 6.45) is 0. The Bertz CT molecular complexity index is 1220. The summed E-state index contributed by atoms with van der Waals surface area (Å²) in [5, 5.41) is 7.21. The number of thiazole rings is 1. The zero-order valence-electron chi connectivity index (χ0n) is 18.3. The molecule has 0 saturated heterocycles. The number of methoxy groups -OCH3 is 2. The van der Waals surface area contributed by atoms with Gasteiger partial charge in [-0.15, -0.1) is 0 Å². The van der Waals surface area contributed by atoms with E-state index >= 15 is 0 Å². The van der Waals surface area contributed by atoms with Crippen LogP contribution in [0.25, 0.3) is 11.3 Å². The van der Waals surface area contributed by atoms with E-state index in [2.05, 4.69) is 15.4 Å². The molecule has 10 nitrogen and oxygen atoms in total. The van der Waals surface area contributed by atoms with Crippen LogP contribution in [0.4, 0.5) is 5.13 Å². The second-order valence-electron chi connectivity index (χ2n) is 6.96. The van der Waals surface area contributed by atoms with Crippen LogP contribution in [0.3, 0.4) is 0 Å². The predicted molar refractivity (Wildman–Crippen MR) is 121 cm³/mol. The molecule has 0 aliphatic carbocycles. The first-order valence-electron chi connectivity index (χ1n) is 9.53. The second kappa shape index (κ2) is 9.60. The third-order valence-electron chi connectivity index (χ3n) is 4.49. The van der Waals surface area contributed by atoms with E-state index in [-0.39, 0.29) is 17.6 Å². The quantitative estimate of drug-likeness (QED) is 0.577. The number of benzene rings is 1. The fourth-order valence-corrected chi connectivity index (χ4v) is 3.87. The highest BCUT2D eigenvalue weighted by Crippen LogP contribution is 2.31. The molecule has 2 aromatic heterocycles.